The van der Waals surface area contributed by atoms with E-state index in [1.165, 1.54) is 6.42 Å². The number of carbonyl (C=O) groups is 1. The lowest BCUT2D eigenvalue weighted by Crippen LogP contribution is -2.59. The van der Waals surface area contributed by atoms with Crippen molar-refractivity contribution in [3.63, 3.8) is 0 Å². The fourth-order valence-electron chi connectivity index (χ4n) is 7.97. The number of nitrogens with one attached hydrogen (secondary N) is 1. The Kier molecular flexibility index (Phi) is 4.23. The van der Waals surface area contributed by atoms with E-state index in [4.69, 9.17) is 0 Å². The minimum absolute atomic E-state index is 0.0526. The van der Waals surface area contributed by atoms with Gasteiger partial charge >= 0.3 is 0 Å². The zero-order valence-corrected chi connectivity index (χ0v) is 16.0. The highest BCUT2D eigenvalue weighted by Gasteiger charge is 2.63. The molecule has 9 atom stereocenters. The van der Waals surface area contributed by atoms with E-state index < -0.39 is 0 Å². The molecule has 4 saturated carbocycles. The summed E-state index contributed by atoms with van der Waals surface area (Å²) in [5.74, 6) is 2.22. The van der Waals surface area contributed by atoms with E-state index >= 15 is 0 Å². The predicted molar refractivity (Wildman–Crippen MR) is 96.7 cm³/mol. The van der Waals surface area contributed by atoms with Crippen LogP contribution in [0.25, 0.3) is 0 Å². The van der Waals surface area contributed by atoms with Gasteiger partial charge in [0.15, 0.2) is 0 Å². The Morgan fingerprint density at radius 3 is 2.52 bits per heavy atom. The minimum Gasteiger partial charge on any atom is -0.393 e. The fourth-order valence-corrected chi connectivity index (χ4v) is 7.97. The summed E-state index contributed by atoms with van der Waals surface area (Å²) in [4.78, 5) is 12.4. The van der Waals surface area contributed by atoms with Crippen molar-refractivity contribution in [2.75, 3.05) is 7.05 Å². The summed E-state index contributed by atoms with van der Waals surface area (Å²) in [6, 6.07) is 0. The highest BCUT2D eigenvalue weighted by molar-refractivity contribution is 5.79. The third-order valence-electron chi connectivity index (χ3n) is 9.13. The number of rotatable bonds is 1. The van der Waals surface area contributed by atoms with Crippen LogP contribution in [0.2, 0.25) is 0 Å². The fraction of sp³-hybridized carbons (Fsp3) is 0.952. The first kappa shape index (κ1) is 17.8. The number of amides is 1. The molecule has 4 aliphatic rings. The van der Waals surface area contributed by atoms with Gasteiger partial charge in [-0.15, -0.1) is 0 Å². The molecule has 4 nitrogen and oxygen atoms in total. The summed E-state index contributed by atoms with van der Waals surface area (Å²) >= 11 is 0. The van der Waals surface area contributed by atoms with Crippen LogP contribution in [0.3, 0.4) is 0 Å². The van der Waals surface area contributed by atoms with Gasteiger partial charge in [0, 0.05) is 13.0 Å². The topological polar surface area (TPSA) is 69.6 Å². The van der Waals surface area contributed by atoms with Crippen molar-refractivity contribution in [2.24, 2.45) is 40.4 Å². The first-order chi connectivity index (χ1) is 11.8. The number of aliphatic hydroxyl groups excluding tert-OH is 2. The Balaban J connectivity index is 1.65. The molecule has 4 aliphatic carbocycles. The Morgan fingerprint density at radius 1 is 1.04 bits per heavy atom. The Morgan fingerprint density at radius 2 is 1.80 bits per heavy atom. The van der Waals surface area contributed by atoms with Gasteiger partial charge in [0.25, 0.3) is 0 Å². The lowest BCUT2D eigenvalue weighted by Gasteiger charge is -2.62. The first-order valence-corrected chi connectivity index (χ1v) is 10.4. The third-order valence-corrected chi connectivity index (χ3v) is 9.13. The molecule has 4 rings (SSSR count). The Labute approximate surface area is 151 Å². The van der Waals surface area contributed by atoms with E-state index in [0.717, 1.165) is 44.9 Å². The van der Waals surface area contributed by atoms with E-state index in [0.29, 0.717) is 23.7 Å². The molecule has 0 spiro atoms. The number of hydrogen-bond acceptors (Lipinski definition) is 3. The molecule has 0 bridgehead atoms. The molecule has 25 heavy (non-hydrogen) atoms. The zero-order valence-electron chi connectivity index (χ0n) is 16.0. The number of carbonyl (C=O) groups excluding carboxylic acids is 1. The molecule has 0 aliphatic heterocycles. The number of fused-ring (bicyclic) bond motifs is 5. The van der Waals surface area contributed by atoms with Crippen LogP contribution in [0.5, 0.6) is 0 Å². The van der Waals surface area contributed by atoms with Gasteiger partial charge in [-0.3, -0.25) is 4.79 Å². The van der Waals surface area contributed by atoms with E-state index in [2.05, 4.69) is 19.2 Å². The summed E-state index contributed by atoms with van der Waals surface area (Å²) < 4.78 is 0. The van der Waals surface area contributed by atoms with E-state index in [1.54, 1.807) is 7.05 Å². The summed E-state index contributed by atoms with van der Waals surface area (Å²) in [6.07, 6.45) is 7.59. The lowest BCUT2D eigenvalue weighted by molar-refractivity contribution is -0.179. The molecule has 0 heterocycles. The highest BCUT2D eigenvalue weighted by atomic mass is 16.3. The molecule has 0 saturated heterocycles. The van der Waals surface area contributed by atoms with Crippen LogP contribution in [0.15, 0.2) is 0 Å². The van der Waals surface area contributed by atoms with Gasteiger partial charge in [-0.2, -0.15) is 0 Å². The average molecular weight is 350 g/mol. The van der Waals surface area contributed by atoms with Crippen molar-refractivity contribution in [2.45, 2.75) is 77.4 Å². The van der Waals surface area contributed by atoms with Crippen LogP contribution in [-0.2, 0) is 4.79 Å². The lowest BCUT2D eigenvalue weighted by atomic mass is 9.44. The molecule has 1 amide bonds. The van der Waals surface area contributed by atoms with Crippen LogP contribution in [-0.4, -0.2) is 35.4 Å². The van der Waals surface area contributed by atoms with Crippen LogP contribution in [0, 0.1) is 40.4 Å². The minimum atomic E-state index is -0.306. The summed E-state index contributed by atoms with van der Waals surface area (Å²) in [5, 5.41) is 24.3. The van der Waals surface area contributed by atoms with Crippen LogP contribution in [0.1, 0.15) is 65.2 Å². The van der Waals surface area contributed by atoms with Crippen LogP contribution < -0.4 is 5.32 Å². The third kappa shape index (κ3) is 2.43. The summed E-state index contributed by atoms with van der Waals surface area (Å²) in [7, 11) is 1.74. The second kappa shape index (κ2) is 5.95. The van der Waals surface area contributed by atoms with Crippen molar-refractivity contribution >= 4 is 5.91 Å². The molecule has 4 heteroatoms. The van der Waals surface area contributed by atoms with E-state index in [9.17, 15) is 15.0 Å². The predicted octanol–water partition coefficient (Wildman–Crippen LogP) is 2.72. The van der Waals surface area contributed by atoms with Crippen molar-refractivity contribution in [1.29, 1.82) is 0 Å². The van der Waals surface area contributed by atoms with Crippen molar-refractivity contribution in [3.8, 4) is 0 Å². The Hall–Kier alpha value is -0.610. The first-order valence-electron chi connectivity index (χ1n) is 10.4. The van der Waals surface area contributed by atoms with Gasteiger partial charge in [-0.05, 0) is 85.9 Å². The average Bonchev–Trinajstić information content (AvgIpc) is 2.91. The van der Waals surface area contributed by atoms with Gasteiger partial charge in [-0.1, -0.05) is 13.8 Å². The van der Waals surface area contributed by atoms with Crippen molar-refractivity contribution in [1.82, 2.24) is 5.32 Å². The van der Waals surface area contributed by atoms with Crippen LogP contribution >= 0.6 is 0 Å². The molecule has 6 unspecified atom stereocenters. The SMILES string of the molecule is CNC(=O)[C@H]1CCC2[C@@H]3CCC4CC(O)CCC4(C)C3C(O)C[C@@]21C. The smallest absolute Gasteiger partial charge is 0.223 e. The zero-order chi connectivity index (χ0) is 18.0. The number of aliphatic hydroxyl groups is 2. The largest absolute Gasteiger partial charge is 0.393 e. The molecule has 3 N–H and O–H groups in total. The van der Waals surface area contributed by atoms with Gasteiger partial charge < -0.3 is 15.5 Å². The van der Waals surface area contributed by atoms with Gasteiger partial charge in [0.1, 0.15) is 0 Å². The maximum atomic E-state index is 12.4. The molecule has 0 aromatic rings. The molecule has 0 radical (unpaired) electrons. The second-order valence-electron chi connectivity index (χ2n) is 10.0. The maximum absolute atomic E-state index is 12.4. The maximum Gasteiger partial charge on any atom is 0.223 e. The quantitative estimate of drug-likeness (QED) is 0.682. The van der Waals surface area contributed by atoms with Gasteiger partial charge in [0.05, 0.1) is 12.2 Å². The summed E-state index contributed by atoms with van der Waals surface area (Å²) in [6.45, 7) is 4.65. The van der Waals surface area contributed by atoms with Crippen molar-refractivity contribution < 1.29 is 15.0 Å². The second-order valence-corrected chi connectivity index (χ2v) is 10.0. The van der Waals surface area contributed by atoms with Gasteiger partial charge in [-0.25, -0.2) is 0 Å². The van der Waals surface area contributed by atoms with Gasteiger partial charge in [0.2, 0.25) is 5.91 Å². The monoisotopic (exact) mass is 349 g/mol. The van der Waals surface area contributed by atoms with E-state index in [-0.39, 0.29) is 34.9 Å². The Bertz CT molecular complexity index is 551. The molecular formula is C21H35NO3. The van der Waals surface area contributed by atoms with E-state index in [1.807, 2.05) is 0 Å². The molecular weight excluding hydrogens is 314 g/mol. The molecule has 142 valence electrons. The number of hydrogen-bond donors (Lipinski definition) is 3. The standard InChI is InChI=1S/C21H35NO3/c1-20-9-8-13(23)10-12(20)4-5-14-15-6-7-16(19(25)22-3)21(15,2)11-17(24)18(14)20/h12-18,23-24H,4-11H2,1-3H3,(H,22,25)/t12?,13?,14-,15?,16+,17?,18?,20?,21-/m0/s1. The molecule has 4 fully saturated rings. The molecule has 0 aromatic heterocycles. The highest BCUT2D eigenvalue weighted by Crippen LogP contribution is 2.67. The summed E-state index contributed by atoms with van der Waals surface area (Å²) in [5.41, 5.74) is 0.103. The van der Waals surface area contributed by atoms with Crippen molar-refractivity contribution in [3.05, 3.63) is 0 Å². The van der Waals surface area contributed by atoms with Crippen LogP contribution in [0.4, 0.5) is 0 Å². The normalized spacial score (nSPS) is 55.0. The molecule has 0 aromatic carbocycles.